The van der Waals surface area contributed by atoms with Crippen molar-refractivity contribution >= 4 is 6.01 Å². The van der Waals surface area contributed by atoms with Gasteiger partial charge in [0, 0.05) is 6.04 Å². The summed E-state index contributed by atoms with van der Waals surface area (Å²) < 4.78 is 5.54. The maximum Gasteiger partial charge on any atom is 0.315 e. The topological polar surface area (TPSA) is 63.0 Å². The van der Waals surface area contributed by atoms with Gasteiger partial charge in [0.1, 0.15) is 0 Å². The zero-order valence-corrected chi connectivity index (χ0v) is 12.0. The summed E-state index contributed by atoms with van der Waals surface area (Å²) in [6.45, 7) is 6.37. The Morgan fingerprint density at radius 2 is 1.94 bits per heavy atom. The molecule has 0 aliphatic carbocycles. The molecule has 0 aromatic carbocycles. The normalized spacial score (nSPS) is 14.4. The smallest absolute Gasteiger partial charge is 0.315 e. The Hall–Kier alpha value is -1.10. The van der Waals surface area contributed by atoms with Crippen LogP contribution in [0.5, 0.6) is 0 Å². The van der Waals surface area contributed by atoms with E-state index in [4.69, 9.17) is 4.42 Å². The predicted octanol–water partition coefficient (Wildman–Crippen LogP) is 3.12. The van der Waals surface area contributed by atoms with E-state index in [0.29, 0.717) is 17.9 Å². The number of nitrogens with one attached hydrogen (secondary N) is 2. The number of aromatic nitrogens is 2. The maximum atomic E-state index is 5.54. The second kappa shape index (κ2) is 8.08. The lowest BCUT2D eigenvalue weighted by molar-refractivity contribution is 0.437. The summed E-state index contributed by atoms with van der Waals surface area (Å²) in [6, 6.07) is 0.989. The minimum Gasteiger partial charge on any atom is -0.406 e. The van der Waals surface area contributed by atoms with Crippen LogP contribution in [0.1, 0.15) is 64.8 Å². The fourth-order valence-electron chi connectivity index (χ4n) is 1.75. The quantitative estimate of drug-likeness (QED) is 0.663. The summed E-state index contributed by atoms with van der Waals surface area (Å²) in [6.07, 6.45) is 6.28. The van der Waals surface area contributed by atoms with E-state index in [1.54, 1.807) is 0 Å². The van der Waals surface area contributed by atoms with Crippen LogP contribution in [0.15, 0.2) is 4.42 Å². The number of unbranched alkanes of at least 4 members (excludes halogenated alkanes) is 3. The van der Waals surface area contributed by atoms with Crippen molar-refractivity contribution in [1.82, 2.24) is 15.5 Å². The molecule has 0 saturated heterocycles. The molecule has 1 heterocycles. The Morgan fingerprint density at radius 3 is 2.61 bits per heavy atom. The largest absolute Gasteiger partial charge is 0.406 e. The van der Waals surface area contributed by atoms with Crippen LogP contribution in [0.25, 0.3) is 0 Å². The van der Waals surface area contributed by atoms with E-state index in [1.165, 1.54) is 25.7 Å². The Bertz CT molecular complexity index is 327. The van der Waals surface area contributed by atoms with E-state index in [9.17, 15) is 0 Å². The van der Waals surface area contributed by atoms with Crippen LogP contribution in [0, 0.1) is 0 Å². The Labute approximate surface area is 110 Å². The Kier molecular flexibility index (Phi) is 6.72. The molecule has 0 spiro atoms. The van der Waals surface area contributed by atoms with Gasteiger partial charge in [0.2, 0.25) is 5.89 Å². The highest BCUT2D eigenvalue weighted by molar-refractivity contribution is 5.19. The van der Waals surface area contributed by atoms with E-state index in [2.05, 4.69) is 34.7 Å². The van der Waals surface area contributed by atoms with Crippen LogP contribution >= 0.6 is 0 Å². The first-order valence-corrected chi connectivity index (χ1v) is 6.94. The molecule has 2 atom stereocenters. The van der Waals surface area contributed by atoms with Gasteiger partial charge in [-0.05, 0) is 27.3 Å². The summed E-state index contributed by atoms with van der Waals surface area (Å²) in [5, 5.41) is 14.3. The molecular weight excluding hydrogens is 228 g/mol. The first-order chi connectivity index (χ1) is 8.67. The number of hydrogen-bond acceptors (Lipinski definition) is 5. The molecule has 0 radical (unpaired) electrons. The van der Waals surface area contributed by atoms with Crippen LogP contribution in [0.4, 0.5) is 6.01 Å². The summed E-state index contributed by atoms with van der Waals surface area (Å²) in [5.74, 6) is 0.623. The van der Waals surface area contributed by atoms with Crippen molar-refractivity contribution in [3.05, 3.63) is 5.89 Å². The van der Waals surface area contributed by atoms with Crippen molar-refractivity contribution in [1.29, 1.82) is 0 Å². The van der Waals surface area contributed by atoms with E-state index >= 15 is 0 Å². The van der Waals surface area contributed by atoms with E-state index in [0.717, 1.165) is 6.42 Å². The summed E-state index contributed by atoms with van der Waals surface area (Å²) >= 11 is 0. The van der Waals surface area contributed by atoms with Gasteiger partial charge in [0.05, 0.1) is 6.04 Å². The fourth-order valence-corrected chi connectivity index (χ4v) is 1.75. The molecule has 1 aromatic rings. The monoisotopic (exact) mass is 254 g/mol. The van der Waals surface area contributed by atoms with Crippen LogP contribution in [-0.4, -0.2) is 23.3 Å². The van der Waals surface area contributed by atoms with Gasteiger partial charge in [0.25, 0.3) is 0 Å². The lowest BCUT2D eigenvalue weighted by Gasteiger charge is -2.11. The second-order valence-corrected chi connectivity index (χ2v) is 4.85. The lowest BCUT2D eigenvalue weighted by atomic mass is 10.1. The average Bonchev–Trinajstić information content (AvgIpc) is 2.82. The Morgan fingerprint density at radius 1 is 1.17 bits per heavy atom. The van der Waals surface area contributed by atoms with E-state index < -0.39 is 0 Å². The number of nitrogens with zero attached hydrogens (tertiary/aromatic N) is 2. The molecule has 1 aromatic heterocycles. The molecular formula is C13H26N4O. The van der Waals surface area contributed by atoms with Crippen molar-refractivity contribution in [2.45, 2.75) is 65.0 Å². The van der Waals surface area contributed by atoms with E-state index in [-0.39, 0.29) is 6.04 Å². The summed E-state index contributed by atoms with van der Waals surface area (Å²) in [7, 11) is 1.87. The van der Waals surface area contributed by atoms with Crippen LogP contribution in [0.2, 0.25) is 0 Å². The minimum absolute atomic E-state index is 0.0907. The molecule has 0 aliphatic heterocycles. The van der Waals surface area contributed by atoms with Gasteiger partial charge in [0.15, 0.2) is 0 Å². The van der Waals surface area contributed by atoms with Crippen LogP contribution in [0.3, 0.4) is 0 Å². The first-order valence-electron chi connectivity index (χ1n) is 6.94. The van der Waals surface area contributed by atoms with Crippen molar-refractivity contribution in [3.8, 4) is 0 Å². The van der Waals surface area contributed by atoms with E-state index in [1.807, 2.05) is 14.0 Å². The van der Waals surface area contributed by atoms with Crippen LogP contribution < -0.4 is 10.6 Å². The lowest BCUT2D eigenvalue weighted by Crippen LogP contribution is -2.15. The molecule has 1 rings (SSSR count). The second-order valence-electron chi connectivity index (χ2n) is 4.85. The van der Waals surface area contributed by atoms with Crippen molar-refractivity contribution < 1.29 is 4.42 Å². The Balaban J connectivity index is 2.30. The zero-order valence-electron chi connectivity index (χ0n) is 12.0. The molecule has 0 aliphatic rings. The maximum absolute atomic E-state index is 5.54. The van der Waals surface area contributed by atoms with Gasteiger partial charge >= 0.3 is 6.01 Å². The highest BCUT2D eigenvalue weighted by Crippen LogP contribution is 2.15. The number of hydrogen-bond donors (Lipinski definition) is 2. The minimum atomic E-state index is 0.0907. The van der Waals surface area contributed by atoms with Crippen molar-refractivity contribution in [2.75, 3.05) is 12.4 Å². The van der Waals surface area contributed by atoms with Gasteiger partial charge in [-0.3, -0.25) is 0 Å². The highest BCUT2D eigenvalue weighted by Gasteiger charge is 2.13. The average molecular weight is 254 g/mol. The SMILES string of the molecule is CCCCCCC(C)Nc1nnc(C(C)NC)o1. The molecule has 0 bridgehead atoms. The summed E-state index contributed by atoms with van der Waals surface area (Å²) in [4.78, 5) is 0. The van der Waals surface area contributed by atoms with Crippen molar-refractivity contribution in [2.24, 2.45) is 0 Å². The van der Waals surface area contributed by atoms with Crippen molar-refractivity contribution in [3.63, 3.8) is 0 Å². The molecule has 2 N–H and O–H groups in total. The molecule has 5 heteroatoms. The molecule has 104 valence electrons. The van der Waals surface area contributed by atoms with Gasteiger partial charge in [-0.15, -0.1) is 5.10 Å². The third-order valence-corrected chi connectivity index (χ3v) is 3.10. The third kappa shape index (κ3) is 5.04. The predicted molar refractivity (Wildman–Crippen MR) is 73.6 cm³/mol. The summed E-state index contributed by atoms with van der Waals surface area (Å²) in [5.41, 5.74) is 0. The van der Waals surface area contributed by atoms with Crippen LogP contribution in [-0.2, 0) is 0 Å². The molecule has 0 amide bonds. The zero-order chi connectivity index (χ0) is 13.4. The van der Waals surface area contributed by atoms with Gasteiger partial charge < -0.3 is 15.1 Å². The van der Waals surface area contributed by atoms with Gasteiger partial charge in [-0.25, -0.2) is 0 Å². The highest BCUT2D eigenvalue weighted by atomic mass is 16.4. The molecule has 0 saturated carbocycles. The first kappa shape index (κ1) is 15.0. The number of rotatable bonds is 9. The van der Waals surface area contributed by atoms with Gasteiger partial charge in [-0.1, -0.05) is 37.7 Å². The number of anilines is 1. The molecule has 18 heavy (non-hydrogen) atoms. The van der Waals surface area contributed by atoms with Gasteiger partial charge in [-0.2, -0.15) is 0 Å². The molecule has 5 nitrogen and oxygen atoms in total. The molecule has 2 unspecified atom stereocenters. The standard InChI is InChI=1S/C13H26N4O/c1-5-6-7-8-9-10(2)15-13-17-16-12(18-13)11(3)14-4/h10-11,14H,5-9H2,1-4H3,(H,15,17). The third-order valence-electron chi connectivity index (χ3n) is 3.10. The molecule has 0 fully saturated rings. The fraction of sp³-hybridized carbons (Fsp3) is 0.846.